The predicted molar refractivity (Wildman–Crippen MR) is 57.2 cm³/mol. The first-order chi connectivity index (χ1) is 6.66. The molecular weight excluding hydrogens is 196 g/mol. The normalized spacial score (nSPS) is 13.1. The third kappa shape index (κ3) is 1.71. The van der Waals surface area contributed by atoms with Gasteiger partial charge in [0, 0.05) is 15.8 Å². The van der Waals surface area contributed by atoms with E-state index in [-0.39, 0.29) is 6.04 Å². The summed E-state index contributed by atoms with van der Waals surface area (Å²) in [6.07, 6.45) is 1.72. The molecule has 3 nitrogen and oxygen atoms in total. The van der Waals surface area contributed by atoms with E-state index in [0.717, 1.165) is 11.3 Å². The second kappa shape index (κ2) is 3.55. The molecule has 2 aromatic heterocycles. The summed E-state index contributed by atoms with van der Waals surface area (Å²) in [5.74, 6) is 1.38. The second-order valence-corrected chi connectivity index (χ2v) is 4.41. The molecule has 0 aliphatic rings. The van der Waals surface area contributed by atoms with Crippen molar-refractivity contribution in [3.63, 3.8) is 0 Å². The van der Waals surface area contributed by atoms with Crippen LogP contribution in [0.2, 0.25) is 0 Å². The van der Waals surface area contributed by atoms with Crippen molar-refractivity contribution in [1.29, 1.82) is 0 Å². The van der Waals surface area contributed by atoms with Gasteiger partial charge in [-0.05, 0) is 19.9 Å². The van der Waals surface area contributed by atoms with Crippen molar-refractivity contribution in [2.45, 2.75) is 19.9 Å². The molecular formula is C10H12N2OS. The molecule has 74 valence electrons. The third-order valence-electron chi connectivity index (χ3n) is 1.93. The molecule has 2 rings (SSSR count). The van der Waals surface area contributed by atoms with E-state index in [4.69, 9.17) is 10.2 Å². The van der Waals surface area contributed by atoms with Crippen LogP contribution in [0.1, 0.15) is 23.7 Å². The maximum atomic E-state index is 5.66. The topological polar surface area (TPSA) is 52.0 Å². The van der Waals surface area contributed by atoms with Crippen LogP contribution in [-0.4, -0.2) is 4.98 Å². The Hall–Kier alpha value is -1.13. The van der Waals surface area contributed by atoms with E-state index < -0.39 is 0 Å². The molecule has 2 aromatic rings. The number of oxazole rings is 1. The highest BCUT2D eigenvalue weighted by Crippen LogP contribution is 2.26. The van der Waals surface area contributed by atoms with Crippen molar-refractivity contribution in [3.8, 4) is 11.3 Å². The van der Waals surface area contributed by atoms with Crippen LogP contribution < -0.4 is 5.73 Å². The zero-order valence-electron chi connectivity index (χ0n) is 8.15. The minimum atomic E-state index is -0.150. The standard InChI is InChI=1S/C10H12N2OS/c1-6-3-8(5-14-6)9-4-12-10(13-9)7(2)11/h3-5,7H,11H2,1-2H3. The van der Waals surface area contributed by atoms with Crippen molar-refractivity contribution in [3.05, 3.63) is 28.4 Å². The lowest BCUT2D eigenvalue weighted by molar-refractivity contribution is 0.474. The minimum absolute atomic E-state index is 0.150. The second-order valence-electron chi connectivity index (χ2n) is 3.30. The van der Waals surface area contributed by atoms with Gasteiger partial charge < -0.3 is 10.2 Å². The summed E-state index contributed by atoms with van der Waals surface area (Å²) in [5.41, 5.74) is 6.73. The molecule has 1 unspecified atom stereocenters. The molecule has 0 aliphatic carbocycles. The van der Waals surface area contributed by atoms with Crippen LogP contribution in [0.5, 0.6) is 0 Å². The summed E-state index contributed by atoms with van der Waals surface area (Å²) < 4.78 is 5.52. The first-order valence-electron chi connectivity index (χ1n) is 4.43. The molecule has 1 atom stereocenters. The molecule has 0 bridgehead atoms. The number of aryl methyl sites for hydroxylation is 1. The third-order valence-corrected chi connectivity index (χ3v) is 2.79. The Bertz CT molecular complexity index is 431. The molecule has 2 N–H and O–H groups in total. The Balaban J connectivity index is 2.33. The lowest BCUT2D eigenvalue weighted by atomic mass is 10.3. The fourth-order valence-corrected chi connectivity index (χ4v) is 1.90. The summed E-state index contributed by atoms with van der Waals surface area (Å²) in [7, 11) is 0. The molecule has 0 radical (unpaired) electrons. The average molecular weight is 208 g/mol. The zero-order chi connectivity index (χ0) is 10.1. The number of rotatable bonds is 2. The van der Waals surface area contributed by atoms with Gasteiger partial charge in [-0.1, -0.05) is 0 Å². The lowest BCUT2D eigenvalue weighted by Gasteiger charge is -1.96. The quantitative estimate of drug-likeness (QED) is 0.825. The van der Waals surface area contributed by atoms with Crippen LogP contribution in [0.3, 0.4) is 0 Å². The summed E-state index contributed by atoms with van der Waals surface area (Å²) in [6.45, 7) is 3.92. The van der Waals surface area contributed by atoms with Crippen molar-refractivity contribution >= 4 is 11.3 Å². The summed E-state index contributed by atoms with van der Waals surface area (Å²) in [6, 6.07) is 1.93. The predicted octanol–water partition coefficient (Wildman–Crippen LogP) is 2.73. The van der Waals surface area contributed by atoms with E-state index in [1.165, 1.54) is 4.88 Å². The molecule has 0 spiro atoms. The van der Waals surface area contributed by atoms with Gasteiger partial charge in [0.05, 0.1) is 12.2 Å². The van der Waals surface area contributed by atoms with E-state index in [2.05, 4.69) is 23.4 Å². The highest BCUT2D eigenvalue weighted by molar-refractivity contribution is 7.10. The van der Waals surface area contributed by atoms with Crippen LogP contribution in [-0.2, 0) is 0 Å². The van der Waals surface area contributed by atoms with Crippen LogP contribution in [0, 0.1) is 6.92 Å². The molecule has 0 fully saturated rings. The van der Waals surface area contributed by atoms with E-state index in [9.17, 15) is 0 Å². The summed E-state index contributed by atoms with van der Waals surface area (Å²) in [4.78, 5) is 5.38. The van der Waals surface area contributed by atoms with Gasteiger partial charge in [0.15, 0.2) is 5.76 Å². The fraction of sp³-hybridized carbons (Fsp3) is 0.300. The van der Waals surface area contributed by atoms with Gasteiger partial charge in [0.1, 0.15) is 0 Å². The number of hydrogen-bond donors (Lipinski definition) is 1. The molecule has 4 heteroatoms. The Morgan fingerprint density at radius 1 is 1.57 bits per heavy atom. The first kappa shape index (κ1) is 9.43. The largest absolute Gasteiger partial charge is 0.439 e. The Morgan fingerprint density at radius 2 is 2.36 bits per heavy atom. The maximum Gasteiger partial charge on any atom is 0.211 e. The van der Waals surface area contributed by atoms with Crippen molar-refractivity contribution in [2.75, 3.05) is 0 Å². The molecule has 0 saturated heterocycles. The molecule has 0 aromatic carbocycles. The molecule has 0 saturated carbocycles. The first-order valence-corrected chi connectivity index (χ1v) is 5.31. The van der Waals surface area contributed by atoms with Crippen molar-refractivity contribution in [1.82, 2.24) is 4.98 Å². The van der Waals surface area contributed by atoms with Crippen LogP contribution >= 0.6 is 11.3 Å². The van der Waals surface area contributed by atoms with Crippen molar-refractivity contribution < 1.29 is 4.42 Å². The van der Waals surface area contributed by atoms with Gasteiger partial charge in [-0.3, -0.25) is 0 Å². The molecule has 0 aliphatic heterocycles. The Labute approximate surface area is 86.6 Å². The monoisotopic (exact) mass is 208 g/mol. The van der Waals surface area contributed by atoms with Gasteiger partial charge in [-0.25, -0.2) is 4.98 Å². The van der Waals surface area contributed by atoms with Gasteiger partial charge >= 0.3 is 0 Å². The Morgan fingerprint density at radius 3 is 2.86 bits per heavy atom. The van der Waals surface area contributed by atoms with Crippen molar-refractivity contribution in [2.24, 2.45) is 5.73 Å². The van der Waals surface area contributed by atoms with Crippen LogP contribution in [0.15, 0.2) is 22.1 Å². The van der Waals surface area contributed by atoms with E-state index in [0.29, 0.717) is 5.89 Å². The van der Waals surface area contributed by atoms with Gasteiger partial charge in [0.25, 0.3) is 0 Å². The maximum absolute atomic E-state index is 5.66. The Kier molecular flexibility index (Phi) is 2.39. The van der Waals surface area contributed by atoms with E-state index in [1.807, 2.05) is 6.92 Å². The van der Waals surface area contributed by atoms with E-state index in [1.54, 1.807) is 17.5 Å². The number of hydrogen-bond acceptors (Lipinski definition) is 4. The molecule has 0 amide bonds. The smallest absolute Gasteiger partial charge is 0.211 e. The number of nitrogens with two attached hydrogens (primary N) is 1. The van der Waals surface area contributed by atoms with Crippen LogP contribution in [0.25, 0.3) is 11.3 Å². The zero-order valence-corrected chi connectivity index (χ0v) is 8.97. The fourth-order valence-electron chi connectivity index (χ4n) is 1.20. The molecule has 14 heavy (non-hydrogen) atoms. The van der Waals surface area contributed by atoms with Gasteiger partial charge in [-0.15, -0.1) is 11.3 Å². The number of thiophene rings is 1. The van der Waals surface area contributed by atoms with Gasteiger partial charge in [-0.2, -0.15) is 0 Å². The average Bonchev–Trinajstić information content (AvgIpc) is 2.70. The lowest BCUT2D eigenvalue weighted by Crippen LogP contribution is -2.04. The number of aromatic nitrogens is 1. The van der Waals surface area contributed by atoms with E-state index >= 15 is 0 Å². The highest BCUT2D eigenvalue weighted by atomic mass is 32.1. The molecule has 2 heterocycles. The summed E-state index contributed by atoms with van der Waals surface area (Å²) in [5, 5.41) is 2.06. The SMILES string of the molecule is Cc1cc(-c2cnc(C(C)N)o2)cs1. The minimum Gasteiger partial charge on any atom is -0.439 e. The highest BCUT2D eigenvalue weighted by Gasteiger charge is 2.10. The summed E-state index contributed by atoms with van der Waals surface area (Å²) >= 11 is 1.70. The van der Waals surface area contributed by atoms with Crippen LogP contribution in [0.4, 0.5) is 0 Å². The van der Waals surface area contributed by atoms with Gasteiger partial charge in [0.2, 0.25) is 5.89 Å². The number of nitrogens with zero attached hydrogens (tertiary/aromatic N) is 1.